The predicted molar refractivity (Wildman–Crippen MR) is 50.7 cm³/mol. The fourth-order valence-corrected chi connectivity index (χ4v) is 1.02. The predicted octanol–water partition coefficient (Wildman–Crippen LogP) is 2.82. The van der Waals surface area contributed by atoms with E-state index in [1.807, 2.05) is 12.7 Å². The van der Waals surface area contributed by atoms with E-state index in [1.54, 1.807) is 0 Å². The van der Waals surface area contributed by atoms with Crippen molar-refractivity contribution < 1.29 is 4.74 Å². The lowest BCUT2D eigenvalue weighted by Crippen LogP contribution is -1.95. The molecule has 0 saturated heterocycles. The minimum absolute atomic E-state index is 0.790. The number of ether oxygens (including phenoxy) is 1. The molecule has 12 heavy (non-hydrogen) atoms. The van der Waals surface area contributed by atoms with Crippen molar-refractivity contribution >= 4 is 0 Å². The van der Waals surface area contributed by atoms with Gasteiger partial charge < -0.3 is 4.74 Å². The van der Waals surface area contributed by atoms with Crippen molar-refractivity contribution in [3.63, 3.8) is 0 Å². The first-order valence-corrected chi connectivity index (χ1v) is 4.40. The molecule has 0 spiro atoms. The second-order valence-electron chi connectivity index (χ2n) is 2.68. The van der Waals surface area contributed by atoms with E-state index < -0.39 is 0 Å². The molecule has 1 aromatic carbocycles. The molecule has 0 fully saturated rings. The Bertz CT molecular complexity index is 193. The van der Waals surface area contributed by atoms with Crippen LogP contribution in [0.3, 0.4) is 0 Å². The van der Waals surface area contributed by atoms with Gasteiger partial charge in [-0.1, -0.05) is 37.3 Å². The van der Waals surface area contributed by atoms with Crippen LogP contribution in [0.15, 0.2) is 30.3 Å². The van der Waals surface area contributed by atoms with Crippen LogP contribution in [-0.4, -0.2) is 6.61 Å². The lowest BCUT2D eigenvalue weighted by Gasteiger charge is -2.01. The third-order valence-electron chi connectivity index (χ3n) is 1.64. The number of hydrogen-bond acceptors (Lipinski definition) is 1. The van der Waals surface area contributed by atoms with Crippen molar-refractivity contribution in [3.8, 4) is 0 Å². The fraction of sp³-hybridized carbons (Fsp3) is 0.364. The Morgan fingerprint density at radius 1 is 1.25 bits per heavy atom. The second kappa shape index (κ2) is 5.78. The molecule has 0 saturated carbocycles. The van der Waals surface area contributed by atoms with Crippen LogP contribution in [0.4, 0.5) is 0 Å². The highest BCUT2D eigenvalue weighted by Crippen LogP contribution is 2.00. The molecule has 1 heteroatoms. The average Bonchev–Trinajstić information content (AvgIpc) is 2.14. The summed E-state index contributed by atoms with van der Waals surface area (Å²) in [6, 6.07) is 10.4. The molecule has 0 aromatic heterocycles. The molecular formula is C11H15O. The van der Waals surface area contributed by atoms with Crippen LogP contribution in [0.2, 0.25) is 0 Å². The van der Waals surface area contributed by atoms with E-state index in [-0.39, 0.29) is 0 Å². The monoisotopic (exact) mass is 163 g/mol. The Morgan fingerprint density at radius 3 is 2.67 bits per heavy atom. The van der Waals surface area contributed by atoms with Crippen LogP contribution in [0, 0.1) is 6.61 Å². The minimum Gasteiger partial charge on any atom is -0.375 e. The van der Waals surface area contributed by atoms with Gasteiger partial charge in [0.25, 0.3) is 0 Å². The summed E-state index contributed by atoms with van der Waals surface area (Å²) in [5, 5.41) is 0. The normalized spacial score (nSPS) is 10.1. The Kier molecular flexibility index (Phi) is 4.47. The third-order valence-corrected chi connectivity index (χ3v) is 1.64. The molecule has 0 N–H and O–H groups in total. The SMILES string of the molecule is CC[CH]OCCc1ccccc1. The highest BCUT2D eigenvalue weighted by Gasteiger charge is 1.90. The summed E-state index contributed by atoms with van der Waals surface area (Å²) >= 11 is 0. The van der Waals surface area contributed by atoms with Crippen molar-refractivity contribution in [2.75, 3.05) is 6.61 Å². The Labute approximate surface area is 74.4 Å². The van der Waals surface area contributed by atoms with Crippen molar-refractivity contribution in [1.29, 1.82) is 0 Å². The highest BCUT2D eigenvalue weighted by atomic mass is 16.5. The molecule has 0 unspecified atom stereocenters. The summed E-state index contributed by atoms with van der Waals surface area (Å²) in [5.41, 5.74) is 1.34. The summed E-state index contributed by atoms with van der Waals surface area (Å²) < 4.78 is 5.26. The Hall–Kier alpha value is -0.820. The van der Waals surface area contributed by atoms with Gasteiger partial charge in [-0.05, 0) is 18.4 Å². The lowest BCUT2D eigenvalue weighted by molar-refractivity contribution is 0.198. The van der Waals surface area contributed by atoms with Gasteiger partial charge in [-0.15, -0.1) is 0 Å². The molecule has 0 aliphatic carbocycles. The Balaban J connectivity index is 2.16. The molecule has 1 aromatic rings. The molecule has 65 valence electrons. The summed E-state index contributed by atoms with van der Waals surface area (Å²) in [7, 11) is 0. The number of hydrogen-bond donors (Lipinski definition) is 0. The van der Waals surface area contributed by atoms with E-state index in [9.17, 15) is 0 Å². The van der Waals surface area contributed by atoms with Gasteiger partial charge in [0.05, 0.1) is 13.2 Å². The zero-order chi connectivity index (χ0) is 8.65. The van der Waals surface area contributed by atoms with E-state index in [0.29, 0.717) is 0 Å². The molecule has 1 rings (SSSR count). The standard InChI is InChI=1S/C11H15O/c1-2-9-12-10-8-11-6-4-3-5-7-11/h3-7,9H,2,8,10H2,1H3. The summed E-state index contributed by atoms with van der Waals surface area (Å²) in [6.07, 6.45) is 1.98. The van der Waals surface area contributed by atoms with Crippen molar-refractivity contribution in [2.45, 2.75) is 19.8 Å². The first-order chi connectivity index (χ1) is 5.93. The van der Waals surface area contributed by atoms with E-state index in [4.69, 9.17) is 4.74 Å². The molecule has 0 aliphatic heterocycles. The fourth-order valence-electron chi connectivity index (χ4n) is 1.02. The number of rotatable bonds is 5. The van der Waals surface area contributed by atoms with E-state index >= 15 is 0 Å². The quantitative estimate of drug-likeness (QED) is 0.606. The van der Waals surface area contributed by atoms with Gasteiger partial charge in [-0.25, -0.2) is 0 Å². The van der Waals surface area contributed by atoms with Crippen LogP contribution < -0.4 is 0 Å². The third kappa shape index (κ3) is 3.54. The first kappa shape index (κ1) is 9.27. The van der Waals surface area contributed by atoms with Crippen LogP contribution in [0.25, 0.3) is 0 Å². The zero-order valence-corrected chi connectivity index (χ0v) is 7.49. The average molecular weight is 163 g/mol. The van der Waals surface area contributed by atoms with Gasteiger partial charge >= 0.3 is 0 Å². The van der Waals surface area contributed by atoms with Crippen LogP contribution >= 0.6 is 0 Å². The molecule has 1 nitrogen and oxygen atoms in total. The Morgan fingerprint density at radius 2 is 2.00 bits per heavy atom. The maximum atomic E-state index is 5.26. The lowest BCUT2D eigenvalue weighted by atomic mass is 10.2. The minimum atomic E-state index is 0.790. The van der Waals surface area contributed by atoms with Gasteiger partial charge in [-0.2, -0.15) is 0 Å². The van der Waals surface area contributed by atoms with Crippen LogP contribution in [-0.2, 0) is 11.2 Å². The van der Waals surface area contributed by atoms with Crippen LogP contribution in [0.1, 0.15) is 18.9 Å². The maximum Gasteiger partial charge on any atom is 0.0834 e. The molecular weight excluding hydrogens is 148 g/mol. The van der Waals surface area contributed by atoms with Crippen LogP contribution in [0.5, 0.6) is 0 Å². The summed E-state index contributed by atoms with van der Waals surface area (Å²) in [6.45, 7) is 4.71. The summed E-state index contributed by atoms with van der Waals surface area (Å²) in [5.74, 6) is 0. The van der Waals surface area contributed by atoms with E-state index in [2.05, 4.69) is 31.2 Å². The van der Waals surface area contributed by atoms with E-state index in [0.717, 1.165) is 19.4 Å². The van der Waals surface area contributed by atoms with Crippen molar-refractivity contribution in [2.24, 2.45) is 0 Å². The largest absolute Gasteiger partial charge is 0.375 e. The molecule has 1 radical (unpaired) electrons. The molecule has 0 aliphatic rings. The van der Waals surface area contributed by atoms with Gasteiger partial charge in [0.15, 0.2) is 0 Å². The number of benzene rings is 1. The maximum absolute atomic E-state index is 5.26. The van der Waals surface area contributed by atoms with E-state index in [1.165, 1.54) is 5.56 Å². The van der Waals surface area contributed by atoms with Gasteiger partial charge in [0, 0.05) is 0 Å². The van der Waals surface area contributed by atoms with Crippen molar-refractivity contribution in [1.82, 2.24) is 0 Å². The molecule has 0 amide bonds. The van der Waals surface area contributed by atoms with Gasteiger partial charge in [0.1, 0.15) is 0 Å². The molecule has 0 bridgehead atoms. The van der Waals surface area contributed by atoms with Crippen molar-refractivity contribution in [3.05, 3.63) is 42.5 Å². The highest BCUT2D eigenvalue weighted by molar-refractivity contribution is 5.14. The topological polar surface area (TPSA) is 9.23 Å². The summed E-state index contributed by atoms with van der Waals surface area (Å²) in [4.78, 5) is 0. The van der Waals surface area contributed by atoms with Gasteiger partial charge in [0.2, 0.25) is 0 Å². The zero-order valence-electron chi connectivity index (χ0n) is 7.49. The smallest absolute Gasteiger partial charge is 0.0834 e. The molecule has 0 heterocycles. The second-order valence-corrected chi connectivity index (χ2v) is 2.68. The first-order valence-electron chi connectivity index (χ1n) is 4.40. The van der Waals surface area contributed by atoms with Gasteiger partial charge in [-0.3, -0.25) is 0 Å². The molecule has 0 atom stereocenters.